The summed E-state index contributed by atoms with van der Waals surface area (Å²) in [6.45, 7) is -0.0354. The number of carboxylic acid groups (broad SMARTS) is 1. The van der Waals surface area contributed by atoms with Crippen LogP contribution in [0.25, 0.3) is 33.2 Å². The van der Waals surface area contributed by atoms with Gasteiger partial charge >= 0.3 is 12.1 Å². The van der Waals surface area contributed by atoms with Gasteiger partial charge in [0.15, 0.2) is 0 Å². The van der Waals surface area contributed by atoms with Gasteiger partial charge in [0, 0.05) is 22.8 Å². The van der Waals surface area contributed by atoms with Gasteiger partial charge in [-0.1, -0.05) is 48.5 Å². The third-order valence-electron chi connectivity index (χ3n) is 5.44. The van der Waals surface area contributed by atoms with E-state index in [1.165, 1.54) is 10.6 Å². The van der Waals surface area contributed by atoms with Crippen molar-refractivity contribution in [2.75, 3.05) is 0 Å². The molecule has 2 heterocycles. The van der Waals surface area contributed by atoms with Crippen molar-refractivity contribution in [1.82, 2.24) is 4.57 Å². The summed E-state index contributed by atoms with van der Waals surface area (Å²) >= 11 is 0. The van der Waals surface area contributed by atoms with Crippen LogP contribution in [-0.2, 0) is 12.7 Å². The van der Waals surface area contributed by atoms with Gasteiger partial charge in [-0.2, -0.15) is 13.2 Å². The topological polar surface area (TPSA) is 55.4 Å². The zero-order valence-corrected chi connectivity index (χ0v) is 16.6. The van der Waals surface area contributed by atoms with E-state index in [9.17, 15) is 23.1 Å². The molecule has 0 aliphatic rings. The molecular formula is C25H16F3NO3. The average molecular weight is 435 g/mol. The molecule has 3 aromatic carbocycles. The molecule has 2 aromatic heterocycles. The van der Waals surface area contributed by atoms with Gasteiger partial charge in [-0.05, 0) is 35.9 Å². The van der Waals surface area contributed by atoms with Crippen LogP contribution in [0.4, 0.5) is 13.2 Å². The molecule has 0 fully saturated rings. The second-order valence-corrected chi connectivity index (χ2v) is 7.48. The van der Waals surface area contributed by atoms with E-state index >= 15 is 0 Å². The predicted molar refractivity (Wildman–Crippen MR) is 115 cm³/mol. The minimum Gasteiger partial charge on any atom is -0.477 e. The second kappa shape index (κ2) is 7.30. The number of furan rings is 1. The van der Waals surface area contributed by atoms with Crippen molar-refractivity contribution in [3.63, 3.8) is 0 Å². The maximum absolute atomic E-state index is 13.2. The van der Waals surface area contributed by atoms with E-state index in [1.54, 1.807) is 42.5 Å². The lowest BCUT2D eigenvalue weighted by molar-refractivity contribution is -0.137. The number of aromatic nitrogens is 1. The number of hydrogen-bond acceptors (Lipinski definition) is 2. The highest BCUT2D eigenvalue weighted by Crippen LogP contribution is 2.38. The van der Waals surface area contributed by atoms with E-state index in [-0.39, 0.29) is 12.2 Å². The fraction of sp³-hybridized carbons (Fsp3) is 0.0800. The molecule has 1 N–H and O–H groups in total. The summed E-state index contributed by atoms with van der Waals surface area (Å²) in [6, 6.07) is 21.1. The van der Waals surface area contributed by atoms with Crippen LogP contribution in [0.2, 0.25) is 0 Å². The van der Waals surface area contributed by atoms with Gasteiger partial charge in [0.25, 0.3) is 0 Å². The Morgan fingerprint density at radius 1 is 0.938 bits per heavy atom. The quantitative estimate of drug-likeness (QED) is 0.337. The van der Waals surface area contributed by atoms with Gasteiger partial charge in [0.2, 0.25) is 0 Å². The minimum atomic E-state index is -4.48. The Balaban J connectivity index is 1.74. The third-order valence-corrected chi connectivity index (χ3v) is 5.44. The normalized spacial score (nSPS) is 12.0. The molecule has 0 aliphatic heterocycles. The van der Waals surface area contributed by atoms with Crippen molar-refractivity contribution in [3.05, 3.63) is 95.7 Å². The molecule has 160 valence electrons. The third kappa shape index (κ3) is 3.32. The molecule has 0 spiro atoms. The molecule has 0 aliphatic carbocycles. The van der Waals surface area contributed by atoms with Crippen molar-refractivity contribution >= 4 is 27.8 Å². The van der Waals surface area contributed by atoms with Crippen molar-refractivity contribution in [1.29, 1.82) is 0 Å². The van der Waals surface area contributed by atoms with Crippen LogP contribution in [0.5, 0.6) is 0 Å². The molecule has 4 nitrogen and oxygen atoms in total. The highest BCUT2D eigenvalue weighted by atomic mass is 19.4. The monoisotopic (exact) mass is 435 g/mol. The Labute approximate surface area is 180 Å². The molecule has 0 atom stereocenters. The van der Waals surface area contributed by atoms with Gasteiger partial charge in [0.05, 0.1) is 11.1 Å². The van der Waals surface area contributed by atoms with Gasteiger partial charge in [0.1, 0.15) is 17.0 Å². The molecule has 0 saturated carbocycles. The molecule has 0 amide bonds. The summed E-state index contributed by atoms with van der Waals surface area (Å²) < 4.78 is 47.0. The smallest absolute Gasteiger partial charge is 0.416 e. The Morgan fingerprint density at radius 3 is 2.44 bits per heavy atom. The number of halogens is 3. The Bertz CT molecular complexity index is 1440. The van der Waals surface area contributed by atoms with Gasteiger partial charge in [-0.25, -0.2) is 4.79 Å². The molecular weight excluding hydrogens is 419 g/mol. The molecule has 5 rings (SSSR count). The van der Waals surface area contributed by atoms with Crippen LogP contribution >= 0.6 is 0 Å². The van der Waals surface area contributed by atoms with Gasteiger partial charge < -0.3 is 14.1 Å². The van der Waals surface area contributed by atoms with Gasteiger partial charge in [-0.15, -0.1) is 0 Å². The first-order chi connectivity index (χ1) is 15.3. The van der Waals surface area contributed by atoms with Crippen LogP contribution in [0.3, 0.4) is 0 Å². The molecule has 0 radical (unpaired) electrons. The van der Waals surface area contributed by atoms with Gasteiger partial charge in [-0.3, -0.25) is 0 Å². The number of alkyl halides is 3. The number of nitrogens with zero attached hydrogens (tertiary/aromatic N) is 1. The summed E-state index contributed by atoms with van der Waals surface area (Å²) in [5.41, 5.74) is 1.14. The zero-order valence-electron chi connectivity index (χ0n) is 16.6. The lowest BCUT2D eigenvalue weighted by Gasteiger charge is -2.12. The van der Waals surface area contributed by atoms with Crippen LogP contribution in [-0.4, -0.2) is 15.6 Å². The Kier molecular flexibility index (Phi) is 4.55. The largest absolute Gasteiger partial charge is 0.477 e. The summed E-state index contributed by atoms with van der Waals surface area (Å²) in [6.07, 6.45) is -4.48. The average Bonchev–Trinajstić information content (AvgIpc) is 3.32. The number of hydrogen-bond donors (Lipinski definition) is 1. The summed E-state index contributed by atoms with van der Waals surface area (Å²) in [5.74, 6) is -0.800. The second-order valence-electron chi connectivity index (χ2n) is 7.48. The van der Waals surface area contributed by atoms with Crippen LogP contribution < -0.4 is 0 Å². The fourth-order valence-corrected chi connectivity index (χ4v) is 4.07. The standard InChI is InChI=1S/C25H16F3NO3/c26-25(27,28)17-8-5-6-15(12-17)14-29-19-10-3-2-9-18(19)22(23(29)24(30)31)21-13-16-7-1-4-11-20(16)32-21/h1-13H,14H2,(H,30,31). The van der Waals surface area contributed by atoms with E-state index in [2.05, 4.69) is 0 Å². The lowest BCUT2D eigenvalue weighted by atomic mass is 10.1. The molecule has 0 bridgehead atoms. The van der Waals surface area contributed by atoms with Crippen LogP contribution in [0.1, 0.15) is 21.6 Å². The number of carboxylic acids is 1. The molecule has 5 aromatic rings. The molecule has 7 heteroatoms. The number of rotatable bonds is 4. The predicted octanol–water partition coefficient (Wildman–Crippen LogP) is 6.82. The Hall–Kier alpha value is -4.00. The van der Waals surface area contributed by atoms with Crippen molar-refractivity contribution < 1.29 is 27.5 Å². The maximum Gasteiger partial charge on any atom is 0.416 e. The number of para-hydroxylation sites is 2. The molecule has 0 unspecified atom stereocenters. The van der Waals surface area contributed by atoms with E-state index in [0.29, 0.717) is 33.4 Å². The summed E-state index contributed by atoms with van der Waals surface area (Å²) in [7, 11) is 0. The number of fused-ring (bicyclic) bond motifs is 2. The van der Waals surface area contributed by atoms with Crippen molar-refractivity contribution in [2.24, 2.45) is 0 Å². The molecule has 0 saturated heterocycles. The highest BCUT2D eigenvalue weighted by Gasteiger charge is 2.31. The lowest BCUT2D eigenvalue weighted by Crippen LogP contribution is -2.11. The number of aromatic carboxylic acids is 1. The summed E-state index contributed by atoms with van der Waals surface area (Å²) in [4.78, 5) is 12.4. The van der Waals surface area contributed by atoms with Crippen LogP contribution in [0, 0.1) is 0 Å². The van der Waals surface area contributed by atoms with E-state index in [4.69, 9.17) is 4.42 Å². The highest BCUT2D eigenvalue weighted by molar-refractivity contribution is 6.08. The van der Waals surface area contributed by atoms with Crippen molar-refractivity contribution in [2.45, 2.75) is 12.7 Å². The first-order valence-corrected chi connectivity index (χ1v) is 9.82. The minimum absolute atomic E-state index is 0.0354. The first kappa shape index (κ1) is 19.9. The summed E-state index contributed by atoms with van der Waals surface area (Å²) in [5, 5.41) is 11.6. The zero-order chi connectivity index (χ0) is 22.5. The number of benzene rings is 3. The van der Waals surface area contributed by atoms with E-state index in [1.807, 2.05) is 18.2 Å². The van der Waals surface area contributed by atoms with E-state index < -0.39 is 17.7 Å². The molecule has 32 heavy (non-hydrogen) atoms. The van der Waals surface area contributed by atoms with E-state index in [0.717, 1.165) is 17.5 Å². The Morgan fingerprint density at radius 2 is 1.69 bits per heavy atom. The SMILES string of the molecule is O=C(O)c1c(-c2cc3ccccc3o2)c2ccccc2n1Cc1cccc(C(F)(F)F)c1. The first-order valence-electron chi connectivity index (χ1n) is 9.82. The van der Waals surface area contributed by atoms with Crippen LogP contribution in [0.15, 0.2) is 83.3 Å². The maximum atomic E-state index is 13.2. The van der Waals surface area contributed by atoms with Crippen molar-refractivity contribution in [3.8, 4) is 11.3 Å². The fourth-order valence-electron chi connectivity index (χ4n) is 4.07. The number of carbonyl (C=O) groups is 1.